The topological polar surface area (TPSA) is 65.7 Å². The van der Waals surface area contributed by atoms with Crippen LogP contribution < -0.4 is 11.3 Å². The molecular formula is C10H24N2O3. The maximum absolute atomic E-state index is 5.47. The van der Waals surface area contributed by atoms with Crippen molar-refractivity contribution in [2.45, 2.75) is 39.0 Å². The van der Waals surface area contributed by atoms with Crippen LogP contribution in [0.4, 0.5) is 0 Å². The molecule has 5 nitrogen and oxygen atoms in total. The lowest BCUT2D eigenvalue weighted by molar-refractivity contribution is -0.155. The summed E-state index contributed by atoms with van der Waals surface area (Å²) >= 11 is 0. The smallest absolute Gasteiger partial charge is 0.173 e. The van der Waals surface area contributed by atoms with E-state index in [1.165, 1.54) is 0 Å². The highest BCUT2D eigenvalue weighted by Gasteiger charge is 2.20. The van der Waals surface area contributed by atoms with Crippen molar-refractivity contribution in [2.24, 2.45) is 5.84 Å². The van der Waals surface area contributed by atoms with Gasteiger partial charge in [-0.15, -0.1) is 0 Å². The number of ether oxygens (including phenoxy) is 3. The van der Waals surface area contributed by atoms with E-state index >= 15 is 0 Å². The van der Waals surface area contributed by atoms with Gasteiger partial charge in [0, 0.05) is 26.9 Å². The van der Waals surface area contributed by atoms with Crippen LogP contribution in [0.2, 0.25) is 0 Å². The van der Waals surface area contributed by atoms with Crippen LogP contribution in [-0.4, -0.2) is 39.3 Å². The van der Waals surface area contributed by atoms with Gasteiger partial charge >= 0.3 is 0 Å². The predicted molar refractivity (Wildman–Crippen MR) is 59.3 cm³/mol. The minimum absolute atomic E-state index is 0.0139. The highest BCUT2D eigenvalue weighted by Crippen LogP contribution is 2.07. The van der Waals surface area contributed by atoms with E-state index in [1.807, 2.05) is 13.8 Å². The summed E-state index contributed by atoms with van der Waals surface area (Å²) in [7, 11) is 1.69. The molecule has 0 saturated carbocycles. The second-order valence-corrected chi connectivity index (χ2v) is 3.19. The summed E-state index contributed by atoms with van der Waals surface area (Å²) in [6, 6.07) is 0.0139. The van der Waals surface area contributed by atoms with E-state index in [9.17, 15) is 0 Å². The Bertz CT molecular complexity index is 130. The Kier molecular flexibility index (Phi) is 10.2. The van der Waals surface area contributed by atoms with Crippen LogP contribution in [0, 0.1) is 0 Å². The number of hydrazine groups is 1. The fourth-order valence-corrected chi connectivity index (χ4v) is 1.35. The highest BCUT2D eigenvalue weighted by molar-refractivity contribution is 4.68. The molecule has 0 fully saturated rings. The largest absolute Gasteiger partial charge is 0.385 e. The van der Waals surface area contributed by atoms with Gasteiger partial charge in [-0.3, -0.25) is 11.3 Å². The molecular weight excluding hydrogens is 196 g/mol. The molecule has 0 saturated heterocycles. The van der Waals surface area contributed by atoms with E-state index in [1.54, 1.807) is 7.11 Å². The summed E-state index contributed by atoms with van der Waals surface area (Å²) in [5.74, 6) is 5.47. The van der Waals surface area contributed by atoms with Gasteiger partial charge in [0.05, 0.1) is 6.04 Å². The van der Waals surface area contributed by atoms with Crippen LogP contribution >= 0.6 is 0 Å². The zero-order valence-electron chi connectivity index (χ0n) is 9.99. The molecule has 1 atom stereocenters. The molecule has 5 heteroatoms. The predicted octanol–water partition coefficient (Wildman–Crippen LogP) is 0.644. The lowest BCUT2D eigenvalue weighted by atomic mass is 10.1. The maximum atomic E-state index is 5.47. The molecule has 0 aromatic carbocycles. The monoisotopic (exact) mass is 220 g/mol. The average Bonchev–Trinajstić information content (AvgIpc) is 2.24. The first-order chi connectivity index (χ1) is 7.29. The molecule has 92 valence electrons. The van der Waals surface area contributed by atoms with Gasteiger partial charge in [-0.1, -0.05) is 0 Å². The first-order valence-electron chi connectivity index (χ1n) is 5.48. The first kappa shape index (κ1) is 14.8. The van der Waals surface area contributed by atoms with E-state index in [0.29, 0.717) is 13.2 Å². The Balaban J connectivity index is 3.93. The van der Waals surface area contributed by atoms with Crippen molar-refractivity contribution in [2.75, 3.05) is 26.9 Å². The fraction of sp³-hybridized carbons (Fsp3) is 1.00. The summed E-state index contributed by atoms with van der Waals surface area (Å²) in [6.07, 6.45) is 1.53. The van der Waals surface area contributed by atoms with Crippen molar-refractivity contribution in [1.29, 1.82) is 0 Å². The summed E-state index contributed by atoms with van der Waals surface area (Å²) in [6.45, 7) is 5.84. The van der Waals surface area contributed by atoms with Crippen LogP contribution in [0.1, 0.15) is 26.7 Å². The standard InChI is InChI=1S/C10H24N2O3/c1-4-14-10(15-5-2)9(12-11)7-6-8-13-3/h9-10,12H,4-8,11H2,1-3H3. The minimum atomic E-state index is -0.276. The van der Waals surface area contributed by atoms with Crippen molar-refractivity contribution >= 4 is 0 Å². The molecule has 0 bridgehead atoms. The second kappa shape index (κ2) is 10.3. The van der Waals surface area contributed by atoms with Gasteiger partial charge in [-0.25, -0.2) is 0 Å². The summed E-state index contributed by atoms with van der Waals surface area (Å²) in [5.41, 5.74) is 2.73. The molecule has 0 heterocycles. The Morgan fingerprint density at radius 2 is 1.80 bits per heavy atom. The van der Waals surface area contributed by atoms with Gasteiger partial charge in [0.15, 0.2) is 6.29 Å². The molecule has 3 N–H and O–H groups in total. The van der Waals surface area contributed by atoms with Crippen molar-refractivity contribution in [3.63, 3.8) is 0 Å². The molecule has 1 unspecified atom stereocenters. The third kappa shape index (κ3) is 6.81. The number of methoxy groups -OCH3 is 1. The normalized spacial score (nSPS) is 13.4. The van der Waals surface area contributed by atoms with Crippen LogP contribution in [0.15, 0.2) is 0 Å². The van der Waals surface area contributed by atoms with E-state index in [2.05, 4.69) is 5.43 Å². The highest BCUT2D eigenvalue weighted by atomic mass is 16.7. The molecule has 0 radical (unpaired) electrons. The van der Waals surface area contributed by atoms with Crippen LogP contribution in [0.5, 0.6) is 0 Å². The molecule has 0 spiro atoms. The van der Waals surface area contributed by atoms with Crippen molar-refractivity contribution in [3.05, 3.63) is 0 Å². The van der Waals surface area contributed by atoms with Crippen molar-refractivity contribution in [1.82, 2.24) is 5.43 Å². The SMILES string of the molecule is CCOC(OCC)C(CCCOC)NN. The molecule has 0 aliphatic rings. The molecule has 0 aromatic heterocycles. The molecule has 0 aromatic rings. The Morgan fingerprint density at radius 3 is 2.20 bits per heavy atom. The van der Waals surface area contributed by atoms with Crippen molar-refractivity contribution < 1.29 is 14.2 Å². The van der Waals surface area contributed by atoms with Gasteiger partial charge in [0.2, 0.25) is 0 Å². The minimum Gasteiger partial charge on any atom is -0.385 e. The fourth-order valence-electron chi connectivity index (χ4n) is 1.35. The average molecular weight is 220 g/mol. The number of nitrogens with two attached hydrogens (primary N) is 1. The Labute approximate surface area is 92.2 Å². The third-order valence-corrected chi connectivity index (χ3v) is 2.07. The number of nitrogens with one attached hydrogen (secondary N) is 1. The third-order valence-electron chi connectivity index (χ3n) is 2.07. The zero-order chi connectivity index (χ0) is 11.5. The molecule has 0 amide bonds. The van der Waals surface area contributed by atoms with E-state index in [0.717, 1.165) is 19.4 Å². The van der Waals surface area contributed by atoms with Crippen LogP contribution in [0.3, 0.4) is 0 Å². The summed E-state index contributed by atoms with van der Waals surface area (Å²) < 4.78 is 15.9. The van der Waals surface area contributed by atoms with Gasteiger partial charge in [0.25, 0.3) is 0 Å². The Morgan fingerprint density at radius 1 is 1.20 bits per heavy atom. The van der Waals surface area contributed by atoms with Gasteiger partial charge < -0.3 is 14.2 Å². The van der Waals surface area contributed by atoms with Crippen molar-refractivity contribution in [3.8, 4) is 0 Å². The lowest BCUT2D eigenvalue weighted by Crippen LogP contribution is -2.46. The quantitative estimate of drug-likeness (QED) is 0.245. The molecule has 0 aliphatic heterocycles. The first-order valence-corrected chi connectivity index (χ1v) is 5.48. The van der Waals surface area contributed by atoms with Gasteiger partial charge in [0.1, 0.15) is 0 Å². The van der Waals surface area contributed by atoms with E-state index < -0.39 is 0 Å². The number of hydrogen-bond donors (Lipinski definition) is 2. The lowest BCUT2D eigenvalue weighted by Gasteiger charge is -2.25. The Hall–Kier alpha value is -0.200. The number of rotatable bonds is 10. The van der Waals surface area contributed by atoms with Gasteiger partial charge in [-0.2, -0.15) is 0 Å². The molecule has 0 aliphatic carbocycles. The number of hydrogen-bond acceptors (Lipinski definition) is 5. The van der Waals surface area contributed by atoms with Gasteiger partial charge in [-0.05, 0) is 26.7 Å². The molecule has 0 rings (SSSR count). The summed E-state index contributed by atoms with van der Waals surface area (Å²) in [5, 5.41) is 0. The zero-order valence-corrected chi connectivity index (χ0v) is 9.99. The van der Waals surface area contributed by atoms with E-state index in [-0.39, 0.29) is 12.3 Å². The van der Waals surface area contributed by atoms with Crippen LogP contribution in [0.25, 0.3) is 0 Å². The second-order valence-electron chi connectivity index (χ2n) is 3.19. The summed E-state index contributed by atoms with van der Waals surface area (Å²) in [4.78, 5) is 0. The van der Waals surface area contributed by atoms with E-state index in [4.69, 9.17) is 20.1 Å². The van der Waals surface area contributed by atoms with Crippen LogP contribution in [-0.2, 0) is 14.2 Å². The maximum Gasteiger partial charge on any atom is 0.173 e. The molecule has 15 heavy (non-hydrogen) atoms.